The predicted molar refractivity (Wildman–Crippen MR) is 165 cm³/mol. The minimum atomic E-state index is -4.15. The lowest BCUT2D eigenvalue weighted by Crippen LogP contribution is -2.60. The molecule has 2 heterocycles. The number of piperazine rings is 1. The Kier molecular flexibility index (Phi) is 9.58. The first kappa shape index (κ1) is 31.8. The van der Waals surface area contributed by atoms with Gasteiger partial charge in [0.2, 0.25) is 20.0 Å². The number of hydrogen-bond donors (Lipinski definition) is 1. The van der Waals surface area contributed by atoms with Gasteiger partial charge in [-0.15, -0.1) is 0 Å². The monoisotopic (exact) mass is 650 g/mol. The van der Waals surface area contributed by atoms with Gasteiger partial charge in [0.05, 0.1) is 28.2 Å². The summed E-state index contributed by atoms with van der Waals surface area (Å²) in [4.78, 5) is 25.3. The molecular weight excluding hydrogens is 620 g/mol. The average molecular weight is 651 g/mol. The molecule has 1 atom stereocenters. The van der Waals surface area contributed by atoms with Crippen LogP contribution in [0.5, 0.6) is 0 Å². The first-order valence-electron chi connectivity index (χ1n) is 13.9. The van der Waals surface area contributed by atoms with Gasteiger partial charge in [0.1, 0.15) is 17.6 Å². The highest BCUT2D eigenvalue weighted by molar-refractivity contribution is 7.89. The fourth-order valence-corrected chi connectivity index (χ4v) is 7.78. The standard InChI is InChI=1S/C31H30N4O8S2/c1-2-42-31(37)24-15-13-23(14-16-24)29-18-17-25(43-29)21-32-33-30(36)28-22-34(44(38,39)26-9-5-3-6-10-26)19-20-35(28)45(40,41)27-11-7-4-8-12-27/h3-18,21,28H,2,19-20,22H2,1H3,(H,33,36)/b32-21-/t28-/m0/s1. The molecule has 1 N–H and O–H groups in total. The molecule has 0 radical (unpaired) electrons. The van der Waals surface area contributed by atoms with Gasteiger partial charge >= 0.3 is 5.97 Å². The number of ether oxygens (including phenoxy) is 1. The molecule has 45 heavy (non-hydrogen) atoms. The zero-order valence-electron chi connectivity index (χ0n) is 24.1. The Morgan fingerprint density at radius 1 is 0.867 bits per heavy atom. The van der Waals surface area contributed by atoms with Crippen molar-refractivity contribution in [3.63, 3.8) is 0 Å². The second-order valence-corrected chi connectivity index (χ2v) is 13.7. The largest absolute Gasteiger partial charge is 0.462 e. The van der Waals surface area contributed by atoms with Gasteiger partial charge in [0.15, 0.2) is 0 Å². The van der Waals surface area contributed by atoms with Crippen LogP contribution in [0.1, 0.15) is 23.0 Å². The van der Waals surface area contributed by atoms with Crippen molar-refractivity contribution < 1.29 is 35.6 Å². The van der Waals surface area contributed by atoms with Gasteiger partial charge in [0.25, 0.3) is 5.91 Å². The number of rotatable bonds is 10. The van der Waals surface area contributed by atoms with Crippen LogP contribution in [-0.2, 0) is 29.6 Å². The van der Waals surface area contributed by atoms with Crippen LogP contribution in [0.4, 0.5) is 0 Å². The molecule has 0 aliphatic carbocycles. The Morgan fingerprint density at radius 3 is 2.11 bits per heavy atom. The molecular formula is C31H30N4O8S2. The van der Waals surface area contributed by atoms with Gasteiger partial charge in [-0.3, -0.25) is 4.79 Å². The Bertz CT molecular complexity index is 1890. The molecule has 1 aliphatic heterocycles. The fourth-order valence-electron chi connectivity index (χ4n) is 4.73. The number of amides is 1. The van der Waals surface area contributed by atoms with Crippen molar-refractivity contribution in [1.29, 1.82) is 0 Å². The predicted octanol–water partition coefficient (Wildman–Crippen LogP) is 3.34. The number of carbonyl (C=O) groups is 2. The van der Waals surface area contributed by atoms with Crippen molar-refractivity contribution in [2.24, 2.45) is 5.10 Å². The number of esters is 1. The van der Waals surface area contributed by atoms with Crippen LogP contribution in [0.15, 0.2) is 116 Å². The van der Waals surface area contributed by atoms with Crippen molar-refractivity contribution in [2.45, 2.75) is 22.8 Å². The summed E-state index contributed by atoms with van der Waals surface area (Å²) in [6.45, 7) is 1.18. The third kappa shape index (κ3) is 7.04. The molecule has 0 unspecified atom stereocenters. The van der Waals surface area contributed by atoms with Crippen LogP contribution in [-0.4, -0.2) is 75.8 Å². The molecule has 0 bridgehead atoms. The average Bonchev–Trinajstić information content (AvgIpc) is 3.54. The summed E-state index contributed by atoms with van der Waals surface area (Å²) in [6.07, 6.45) is 1.24. The van der Waals surface area contributed by atoms with Crippen LogP contribution < -0.4 is 5.43 Å². The highest BCUT2D eigenvalue weighted by atomic mass is 32.2. The van der Waals surface area contributed by atoms with Crippen molar-refractivity contribution in [2.75, 3.05) is 26.2 Å². The van der Waals surface area contributed by atoms with Crippen molar-refractivity contribution in [3.05, 3.63) is 108 Å². The van der Waals surface area contributed by atoms with Gasteiger partial charge in [-0.2, -0.15) is 13.7 Å². The Balaban J connectivity index is 1.34. The molecule has 1 aromatic heterocycles. The SMILES string of the molecule is CCOC(=O)c1ccc(-c2ccc(/C=N\NC(=O)[C@@H]3CN(S(=O)(=O)c4ccccc4)CCN3S(=O)(=O)c3ccccc3)o2)cc1. The minimum absolute atomic E-state index is 0.0240. The molecule has 3 aromatic carbocycles. The summed E-state index contributed by atoms with van der Waals surface area (Å²) >= 11 is 0. The topological polar surface area (TPSA) is 156 Å². The van der Waals surface area contributed by atoms with Crippen LogP contribution >= 0.6 is 0 Å². The zero-order valence-corrected chi connectivity index (χ0v) is 25.8. The quantitative estimate of drug-likeness (QED) is 0.156. The van der Waals surface area contributed by atoms with E-state index in [0.717, 1.165) is 8.61 Å². The summed E-state index contributed by atoms with van der Waals surface area (Å²) in [6, 6.07) is 23.9. The molecule has 234 valence electrons. The van der Waals surface area contributed by atoms with E-state index < -0.39 is 44.5 Å². The van der Waals surface area contributed by atoms with E-state index in [9.17, 15) is 26.4 Å². The van der Waals surface area contributed by atoms with E-state index in [-0.39, 0.29) is 35.2 Å². The zero-order chi connectivity index (χ0) is 32.0. The highest BCUT2D eigenvalue weighted by Gasteiger charge is 2.43. The number of nitrogens with one attached hydrogen (secondary N) is 1. The number of benzene rings is 3. The van der Waals surface area contributed by atoms with E-state index in [2.05, 4.69) is 10.5 Å². The molecule has 1 aliphatic rings. The van der Waals surface area contributed by atoms with E-state index in [0.29, 0.717) is 16.9 Å². The molecule has 4 aromatic rings. The lowest BCUT2D eigenvalue weighted by Gasteiger charge is -2.38. The maximum absolute atomic E-state index is 13.6. The van der Waals surface area contributed by atoms with Crippen LogP contribution in [0.2, 0.25) is 0 Å². The second kappa shape index (κ2) is 13.6. The number of sulfonamides is 2. The summed E-state index contributed by atoms with van der Waals surface area (Å²) in [5.41, 5.74) is 3.43. The van der Waals surface area contributed by atoms with Crippen molar-refractivity contribution in [3.8, 4) is 11.3 Å². The Morgan fingerprint density at radius 2 is 1.49 bits per heavy atom. The van der Waals surface area contributed by atoms with Gasteiger partial charge < -0.3 is 9.15 Å². The molecule has 1 fully saturated rings. The van der Waals surface area contributed by atoms with Crippen LogP contribution in [0.3, 0.4) is 0 Å². The Labute approximate surface area is 261 Å². The number of nitrogens with zero attached hydrogens (tertiary/aromatic N) is 3. The molecule has 14 heteroatoms. The number of hydrazone groups is 1. The van der Waals surface area contributed by atoms with Crippen LogP contribution in [0.25, 0.3) is 11.3 Å². The van der Waals surface area contributed by atoms with Gasteiger partial charge in [0, 0.05) is 25.2 Å². The normalized spacial score (nSPS) is 16.4. The van der Waals surface area contributed by atoms with Crippen LogP contribution in [0, 0.1) is 0 Å². The van der Waals surface area contributed by atoms with E-state index in [4.69, 9.17) is 9.15 Å². The maximum atomic E-state index is 13.6. The van der Waals surface area contributed by atoms with Gasteiger partial charge in [-0.1, -0.05) is 48.5 Å². The van der Waals surface area contributed by atoms with Gasteiger partial charge in [-0.25, -0.2) is 27.1 Å². The number of hydrogen-bond acceptors (Lipinski definition) is 9. The lowest BCUT2D eigenvalue weighted by atomic mass is 10.1. The summed E-state index contributed by atoms with van der Waals surface area (Å²) in [7, 11) is -8.16. The van der Waals surface area contributed by atoms with E-state index >= 15 is 0 Å². The lowest BCUT2D eigenvalue weighted by molar-refractivity contribution is -0.125. The third-order valence-electron chi connectivity index (χ3n) is 7.00. The summed E-state index contributed by atoms with van der Waals surface area (Å²) in [5.74, 6) is -0.487. The van der Waals surface area contributed by atoms with Crippen molar-refractivity contribution in [1.82, 2.24) is 14.0 Å². The van der Waals surface area contributed by atoms with E-state index in [1.807, 2.05) is 0 Å². The first-order chi connectivity index (χ1) is 21.6. The second-order valence-electron chi connectivity index (χ2n) is 9.85. The summed E-state index contributed by atoms with van der Waals surface area (Å²) in [5, 5.41) is 3.95. The van der Waals surface area contributed by atoms with E-state index in [1.165, 1.54) is 30.5 Å². The third-order valence-corrected chi connectivity index (χ3v) is 10.8. The molecule has 1 amide bonds. The van der Waals surface area contributed by atoms with Gasteiger partial charge in [-0.05, 0) is 55.5 Å². The molecule has 12 nitrogen and oxygen atoms in total. The molecule has 1 saturated heterocycles. The highest BCUT2D eigenvalue weighted by Crippen LogP contribution is 2.26. The number of furan rings is 1. The number of carbonyl (C=O) groups excluding carboxylic acids is 2. The molecule has 0 spiro atoms. The minimum Gasteiger partial charge on any atom is -0.462 e. The summed E-state index contributed by atoms with van der Waals surface area (Å²) < 4.78 is 66.6. The first-order valence-corrected chi connectivity index (χ1v) is 16.8. The smallest absolute Gasteiger partial charge is 0.338 e. The molecule has 5 rings (SSSR count). The maximum Gasteiger partial charge on any atom is 0.338 e. The van der Waals surface area contributed by atoms with E-state index in [1.54, 1.807) is 79.7 Å². The van der Waals surface area contributed by atoms with Crippen molar-refractivity contribution >= 4 is 38.1 Å². The molecule has 0 saturated carbocycles. The Hall–Kier alpha value is -4.63. The fraction of sp³-hybridized carbons (Fsp3) is 0.194.